The molecule has 3 nitrogen and oxygen atoms in total. The van der Waals surface area contributed by atoms with Gasteiger partial charge in [-0.1, -0.05) is 68.7 Å². The molecule has 0 aromatic heterocycles. The monoisotopic (exact) mass is 354 g/mol. The lowest BCUT2D eigenvalue weighted by molar-refractivity contribution is -0.143. The van der Waals surface area contributed by atoms with Crippen molar-refractivity contribution in [3.8, 4) is 5.75 Å². The molecule has 140 valence electrons. The molecular weight excluding hydrogens is 324 g/mol. The summed E-state index contributed by atoms with van der Waals surface area (Å²) < 4.78 is 10.6. The first-order valence-electron chi connectivity index (χ1n) is 9.59. The topological polar surface area (TPSA) is 35.5 Å². The number of esters is 1. The Morgan fingerprint density at radius 3 is 2.27 bits per heavy atom. The standard InChI is InChI=1S/C23H30O3/c1-3-4-5-9-18-26-23(24)17-16-22(19-10-7-6-8-11-19)20-12-14-21(25-2)15-13-20/h6-8,10-15,22H,3-5,9,16-18H2,1-2H3. The molecule has 2 rings (SSSR count). The summed E-state index contributed by atoms with van der Waals surface area (Å²) in [5.41, 5.74) is 2.40. The molecule has 2 aromatic carbocycles. The highest BCUT2D eigenvalue weighted by Gasteiger charge is 2.16. The number of hydrogen-bond donors (Lipinski definition) is 0. The van der Waals surface area contributed by atoms with Gasteiger partial charge >= 0.3 is 5.97 Å². The van der Waals surface area contributed by atoms with E-state index < -0.39 is 0 Å². The molecule has 0 fully saturated rings. The van der Waals surface area contributed by atoms with Crippen LogP contribution in [0.25, 0.3) is 0 Å². The third-order valence-corrected chi connectivity index (χ3v) is 4.62. The molecule has 0 radical (unpaired) electrons. The maximum Gasteiger partial charge on any atom is 0.305 e. The Hall–Kier alpha value is -2.29. The lowest BCUT2D eigenvalue weighted by Crippen LogP contribution is -2.09. The molecular formula is C23H30O3. The fraction of sp³-hybridized carbons (Fsp3) is 0.435. The Bertz CT molecular complexity index is 634. The van der Waals surface area contributed by atoms with E-state index in [4.69, 9.17) is 9.47 Å². The van der Waals surface area contributed by atoms with Crippen LogP contribution in [-0.2, 0) is 9.53 Å². The highest BCUT2D eigenvalue weighted by atomic mass is 16.5. The zero-order valence-electron chi connectivity index (χ0n) is 15.9. The van der Waals surface area contributed by atoms with Crippen LogP contribution in [0.1, 0.15) is 62.5 Å². The molecule has 3 heteroatoms. The Morgan fingerprint density at radius 2 is 1.62 bits per heavy atom. The van der Waals surface area contributed by atoms with Crippen molar-refractivity contribution in [2.75, 3.05) is 13.7 Å². The number of hydrogen-bond acceptors (Lipinski definition) is 3. The minimum Gasteiger partial charge on any atom is -0.497 e. The SMILES string of the molecule is CCCCCCOC(=O)CCC(c1ccccc1)c1ccc(OC)cc1. The van der Waals surface area contributed by atoms with E-state index in [0.29, 0.717) is 13.0 Å². The van der Waals surface area contributed by atoms with Crippen LogP contribution in [0.5, 0.6) is 5.75 Å². The molecule has 0 N–H and O–H groups in total. The van der Waals surface area contributed by atoms with Crippen molar-refractivity contribution in [2.24, 2.45) is 0 Å². The lowest BCUT2D eigenvalue weighted by Gasteiger charge is -2.18. The van der Waals surface area contributed by atoms with E-state index in [2.05, 4.69) is 31.2 Å². The van der Waals surface area contributed by atoms with Gasteiger partial charge in [-0.2, -0.15) is 0 Å². The van der Waals surface area contributed by atoms with E-state index in [1.165, 1.54) is 24.0 Å². The number of unbranched alkanes of at least 4 members (excludes halogenated alkanes) is 3. The van der Waals surface area contributed by atoms with Crippen LogP contribution in [0.4, 0.5) is 0 Å². The number of ether oxygens (including phenoxy) is 2. The second-order valence-electron chi connectivity index (χ2n) is 6.56. The second-order valence-corrected chi connectivity index (χ2v) is 6.56. The average molecular weight is 354 g/mol. The van der Waals surface area contributed by atoms with Crippen LogP contribution in [0.15, 0.2) is 54.6 Å². The van der Waals surface area contributed by atoms with Crippen LogP contribution in [-0.4, -0.2) is 19.7 Å². The molecule has 0 spiro atoms. The molecule has 0 aliphatic carbocycles. The first-order valence-corrected chi connectivity index (χ1v) is 9.59. The minimum atomic E-state index is -0.101. The minimum absolute atomic E-state index is 0.101. The molecule has 0 saturated carbocycles. The third kappa shape index (κ3) is 6.55. The van der Waals surface area contributed by atoms with E-state index in [0.717, 1.165) is 25.0 Å². The molecule has 0 saturated heterocycles. The highest BCUT2D eigenvalue weighted by Crippen LogP contribution is 2.30. The molecule has 1 unspecified atom stereocenters. The Kier molecular flexibility index (Phi) is 8.74. The van der Waals surface area contributed by atoms with Crippen LogP contribution >= 0.6 is 0 Å². The molecule has 0 heterocycles. The fourth-order valence-corrected chi connectivity index (χ4v) is 3.10. The van der Waals surface area contributed by atoms with E-state index in [9.17, 15) is 4.79 Å². The van der Waals surface area contributed by atoms with Gasteiger partial charge in [0.2, 0.25) is 0 Å². The summed E-state index contributed by atoms with van der Waals surface area (Å²) in [6, 6.07) is 18.4. The van der Waals surface area contributed by atoms with Gasteiger partial charge in [0, 0.05) is 12.3 Å². The van der Waals surface area contributed by atoms with E-state index >= 15 is 0 Å². The smallest absolute Gasteiger partial charge is 0.305 e. The molecule has 2 aromatic rings. The highest BCUT2D eigenvalue weighted by molar-refractivity contribution is 5.69. The predicted octanol–water partition coefficient (Wildman–Crippen LogP) is 5.73. The number of carbonyl (C=O) groups excluding carboxylic acids is 1. The van der Waals surface area contributed by atoms with Gasteiger partial charge in [0.1, 0.15) is 5.75 Å². The number of carbonyl (C=O) groups is 1. The van der Waals surface area contributed by atoms with Crippen molar-refractivity contribution in [2.45, 2.75) is 51.4 Å². The lowest BCUT2D eigenvalue weighted by atomic mass is 9.87. The quantitative estimate of drug-likeness (QED) is 0.382. The van der Waals surface area contributed by atoms with E-state index in [-0.39, 0.29) is 11.9 Å². The summed E-state index contributed by atoms with van der Waals surface area (Å²) in [6.45, 7) is 2.71. The van der Waals surface area contributed by atoms with Crippen LogP contribution in [0, 0.1) is 0 Å². The third-order valence-electron chi connectivity index (χ3n) is 4.62. The Labute approximate surface area is 157 Å². The zero-order valence-corrected chi connectivity index (χ0v) is 15.9. The van der Waals surface area contributed by atoms with Gasteiger partial charge in [-0.15, -0.1) is 0 Å². The van der Waals surface area contributed by atoms with Gasteiger partial charge in [-0.3, -0.25) is 4.79 Å². The molecule has 0 bridgehead atoms. The van der Waals surface area contributed by atoms with Crippen LogP contribution in [0.2, 0.25) is 0 Å². The van der Waals surface area contributed by atoms with E-state index in [1.807, 2.05) is 30.3 Å². The van der Waals surface area contributed by atoms with Gasteiger partial charge in [-0.05, 0) is 36.1 Å². The predicted molar refractivity (Wildman–Crippen MR) is 106 cm³/mol. The number of benzene rings is 2. The van der Waals surface area contributed by atoms with Crippen molar-refractivity contribution >= 4 is 5.97 Å². The molecule has 26 heavy (non-hydrogen) atoms. The summed E-state index contributed by atoms with van der Waals surface area (Å²) in [5, 5.41) is 0. The van der Waals surface area contributed by atoms with E-state index in [1.54, 1.807) is 7.11 Å². The summed E-state index contributed by atoms with van der Waals surface area (Å²) in [7, 11) is 1.67. The van der Waals surface area contributed by atoms with Gasteiger partial charge in [0.15, 0.2) is 0 Å². The van der Waals surface area contributed by atoms with Crippen LogP contribution in [0.3, 0.4) is 0 Å². The first kappa shape index (κ1) is 20.0. The number of rotatable bonds is 11. The van der Waals surface area contributed by atoms with Crippen molar-refractivity contribution < 1.29 is 14.3 Å². The normalized spacial score (nSPS) is 11.8. The second kappa shape index (κ2) is 11.3. The van der Waals surface area contributed by atoms with Gasteiger partial charge in [0.05, 0.1) is 13.7 Å². The largest absolute Gasteiger partial charge is 0.497 e. The van der Waals surface area contributed by atoms with Crippen LogP contribution < -0.4 is 4.74 Å². The molecule has 0 amide bonds. The first-order chi connectivity index (χ1) is 12.7. The Morgan fingerprint density at radius 1 is 0.923 bits per heavy atom. The summed E-state index contributed by atoms with van der Waals surface area (Å²) >= 11 is 0. The Balaban J connectivity index is 1.95. The molecule has 0 aliphatic rings. The van der Waals surface area contributed by atoms with Crippen molar-refractivity contribution in [3.63, 3.8) is 0 Å². The molecule has 1 atom stereocenters. The maximum absolute atomic E-state index is 12.1. The zero-order chi connectivity index (χ0) is 18.6. The summed E-state index contributed by atoms with van der Waals surface area (Å²) in [6.07, 6.45) is 5.64. The fourth-order valence-electron chi connectivity index (χ4n) is 3.10. The average Bonchev–Trinajstić information content (AvgIpc) is 2.69. The van der Waals surface area contributed by atoms with Crippen molar-refractivity contribution in [1.82, 2.24) is 0 Å². The molecule has 0 aliphatic heterocycles. The van der Waals surface area contributed by atoms with Crippen molar-refractivity contribution in [1.29, 1.82) is 0 Å². The van der Waals surface area contributed by atoms with Crippen molar-refractivity contribution in [3.05, 3.63) is 65.7 Å². The van der Waals surface area contributed by atoms with Gasteiger partial charge in [0.25, 0.3) is 0 Å². The number of methoxy groups -OCH3 is 1. The van der Waals surface area contributed by atoms with Gasteiger partial charge in [-0.25, -0.2) is 0 Å². The summed E-state index contributed by atoms with van der Waals surface area (Å²) in [4.78, 5) is 12.1. The maximum atomic E-state index is 12.1. The summed E-state index contributed by atoms with van der Waals surface area (Å²) in [5.74, 6) is 0.915. The van der Waals surface area contributed by atoms with Gasteiger partial charge < -0.3 is 9.47 Å².